The van der Waals surface area contributed by atoms with E-state index in [4.69, 9.17) is 14.5 Å². The zero-order valence-electron chi connectivity index (χ0n) is 19.1. The fourth-order valence-corrected chi connectivity index (χ4v) is 4.17. The second kappa shape index (κ2) is 9.59. The van der Waals surface area contributed by atoms with E-state index in [-0.39, 0.29) is 46.8 Å². The second-order valence-electron chi connectivity index (χ2n) is 8.09. The monoisotopic (exact) mass is 473 g/mol. The summed E-state index contributed by atoms with van der Waals surface area (Å²) < 4.78 is 14.1. The number of rotatable bonds is 5. The van der Waals surface area contributed by atoms with E-state index in [0.29, 0.717) is 17.9 Å². The van der Waals surface area contributed by atoms with Gasteiger partial charge in [-0.25, -0.2) is 9.78 Å². The Bertz CT molecular complexity index is 1550. The third-order valence-electron chi connectivity index (χ3n) is 5.81. The number of hydrogen-bond acceptors (Lipinski definition) is 7. The Kier molecular flexibility index (Phi) is 6.19. The van der Waals surface area contributed by atoms with Crippen LogP contribution in [0.1, 0.15) is 40.5 Å². The summed E-state index contributed by atoms with van der Waals surface area (Å²) in [7, 11) is 0. The molecule has 1 amide bonds. The van der Waals surface area contributed by atoms with E-state index in [1.165, 1.54) is 16.7 Å². The van der Waals surface area contributed by atoms with Gasteiger partial charge in [-0.1, -0.05) is 6.07 Å². The Labute approximate surface area is 199 Å². The smallest absolute Gasteiger partial charge is 0.341 e. The first-order valence-electron chi connectivity index (χ1n) is 11.4. The summed E-state index contributed by atoms with van der Waals surface area (Å²) in [5, 5.41) is 0.211. The quantitative estimate of drug-likeness (QED) is 0.322. The van der Waals surface area contributed by atoms with E-state index in [9.17, 15) is 14.4 Å². The van der Waals surface area contributed by atoms with Crippen LogP contribution in [-0.4, -0.2) is 50.1 Å². The highest BCUT2D eigenvalue weighted by Crippen LogP contribution is 2.17. The highest BCUT2D eigenvalue weighted by Gasteiger charge is 2.24. The molecule has 35 heavy (non-hydrogen) atoms. The summed E-state index contributed by atoms with van der Waals surface area (Å²) in [4.78, 5) is 52.5. The number of ether oxygens (including phenoxy) is 2. The zero-order valence-corrected chi connectivity index (χ0v) is 19.1. The van der Waals surface area contributed by atoms with Crippen LogP contribution in [0.25, 0.3) is 16.7 Å². The molecular weight excluding hydrogens is 450 g/mol. The average Bonchev–Trinajstić information content (AvgIpc) is 3.39. The number of hydrogen-bond donors (Lipinski definition) is 0. The van der Waals surface area contributed by atoms with E-state index in [0.717, 1.165) is 12.8 Å². The van der Waals surface area contributed by atoms with Gasteiger partial charge in [0, 0.05) is 25.2 Å². The molecule has 0 bridgehead atoms. The first-order valence-corrected chi connectivity index (χ1v) is 11.4. The molecule has 0 aliphatic carbocycles. The standard InChI is InChI=1S/C25H23N5O5/c1-2-34-25(33)19-13-18-21(27-20-9-3-4-11-29(20)24(18)32)30(15-17-8-6-12-35-17)22(19)28-23(31)16-7-5-10-26-14-16/h3-5,7,9-11,13-14,17H,2,6,8,12,15H2,1H3/t17-/m1/s1. The van der Waals surface area contributed by atoms with Crippen molar-refractivity contribution >= 4 is 28.6 Å². The molecule has 0 saturated carbocycles. The maximum atomic E-state index is 13.4. The van der Waals surface area contributed by atoms with E-state index >= 15 is 0 Å². The second-order valence-corrected chi connectivity index (χ2v) is 8.09. The number of carbonyl (C=O) groups excluding carboxylic acids is 2. The third kappa shape index (κ3) is 4.35. The molecule has 1 aliphatic rings. The van der Waals surface area contributed by atoms with Gasteiger partial charge >= 0.3 is 5.97 Å². The summed E-state index contributed by atoms with van der Waals surface area (Å²) >= 11 is 0. The molecule has 0 N–H and O–H groups in total. The molecule has 1 aliphatic heterocycles. The van der Waals surface area contributed by atoms with Gasteiger partial charge in [-0.15, -0.1) is 0 Å². The Hall–Kier alpha value is -4.18. The van der Waals surface area contributed by atoms with Gasteiger partial charge in [0.05, 0.1) is 30.2 Å². The van der Waals surface area contributed by atoms with E-state index in [2.05, 4.69) is 9.98 Å². The summed E-state index contributed by atoms with van der Waals surface area (Å²) in [6.45, 7) is 2.67. The molecule has 5 heterocycles. The first-order chi connectivity index (χ1) is 17.1. The molecule has 0 unspecified atom stereocenters. The van der Waals surface area contributed by atoms with Crippen LogP contribution < -0.4 is 11.0 Å². The fourth-order valence-electron chi connectivity index (χ4n) is 4.17. The van der Waals surface area contributed by atoms with Gasteiger partial charge in [-0.3, -0.25) is 19.0 Å². The summed E-state index contributed by atoms with van der Waals surface area (Å²) in [5.74, 6) is -1.27. The molecule has 10 nitrogen and oxygen atoms in total. The first kappa shape index (κ1) is 22.6. The van der Waals surface area contributed by atoms with Crippen molar-refractivity contribution in [1.29, 1.82) is 0 Å². The lowest BCUT2D eigenvalue weighted by Crippen LogP contribution is -2.35. The van der Waals surface area contributed by atoms with E-state index in [1.807, 2.05) is 0 Å². The maximum Gasteiger partial charge on any atom is 0.341 e. The van der Waals surface area contributed by atoms with Crippen LogP contribution in [0, 0.1) is 0 Å². The van der Waals surface area contributed by atoms with E-state index in [1.54, 1.807) is 54.2 Å². The summed E-state index contributed by atoms with van der Waals surface area (Å²) in [5.41, 5.74) is 0.721. The van der Waals surface area contributed by atoms with Gasteiger partial charge in [0.15, 0.2) is 5.49 Å². The molecule has 4 aromatic heterocycles. The molecule has 10 heteroatoms. The van der Waals surface area contributed by atoms with Crippen LogP contribution in [0.3, 0.4) is 0 Å². The van der Waals surface area contributed by atoms with Crippen molar-refractivity contribution in [1.82, 2.24) is 18.9 Å². The zero-order chi connectivity index (χ0) is 24.4. The van der Waals surface area contributed by atoms with Crippen LogP contribution >= 0.6 is 0 Å². The lowest BCUT2D eigenvalue weighted by Gasteiger charge is -2.18. The normalized spacial score (nSPS) is 16.1. The topological polar surface area (TPSA) is 117 Å². The largest absolute Gasteiger partial charge is 0.462 e. The Morgan fingerprint density at radius 1 is 1.26 bits per heavy atom. The maximum absolute atomic E-state index is 13.4. The number of aromatic nitrogens is 4. The Morgan fingerprint density at radius 2 is 2.14 bits per heavy atom. The molecule has 1 fully saturated rings. The Balaban J connectivity index is 1.86. The lowest BCUT2D eigenvalue weighted by atomic mass is 10.1. The molecule has 178 valence electrons. The number of amides is 1. The van der Waals surface area contributed by atoms with Gasteiger partial charge in [-0.2, -0.15) is 4.99 Å². The minimum absolute atomic E-state index is 0.00404. The molecule has 5 rings (SSSR count). The molecule has 0 spiro atoms. The van der Waals surface area contributed by atoms with Crippen molar-refractivity contribution in [2.24, 2.45) is 4.99 Å². The van der Waals surface area contributed by atoms with Crippen molar-refractivity contribution in [2.75, 3.05) is 13.2 Å². The van der Waals surface area contributed by atoms with Crippen molar-refractivity contribution in [3.8, 4) is 0 Å². The van der Waals surface area contributed by atoms with E-state index < -0.39 is 11.9 Å². The van der Waals surface area contributed by atoms with Crippen LogP contribution in [-0.2, 0) is 16.0 Å². The predicted octanol–water partition coefficient (Wildman–Crippen LogP) is 2.14. The Morgan fingerprint density at radius 3 is 2.89 bits per heavy atom. The van der Waals surface area contributed by atoms with Gasteiger partial charge in [-0.05, 0) is 50.1 Å². The number of nitrogens with zero attached hydrogens (tertiary/aromatic N) is 5. The third-order valence-corrected chi connectivity index (χ3v) is 5.81. The summed E-state index contributed by atoms with van der Waals surface area (Å²) in [6.07, 6.45) is 6.07. The number of esters is 1. The highest BCUT2D eigenvalue weighted by molar-refractivity contribution is 5.97. The van der Waals surface area contributed by atoms with Gasteiger partial charge < -0.3 is 14.0 Å². The SMILES string of the molecule is CCOC(=O)c1cc2c(=O)n3ccccc3nc2n(C[C@H]2CCCO2)c1=NC(=O)c1cccnc1. The van der Waals surface area contributed by atoms with Crippen molar-refractivity contribution in [2.45, 2.75) is 32.4 Å². The number of fused-ring (bicyclic) bond motifs is 2. The van der Waals surface area contributed by atoms with Crippen molar-refractivity contribution in [3.05, 3.63) is 82.0 Å². The van der Waals surface area contributed by atoms with Crippen LogP contribution in [0.2, 0.25) is 0 Å². The molecule has 4 aromatic rings. The average molecular weight is 473 g/mol. The van der Waals surface area contributed by atoms with Gasteiger partial charge in [0.25, 0.3) is 11.5 Å². The number of carbonyl (C=O) groups is 2. The van der Waals surface area contributed by atoms with Crippen LogP contribution in [0.4, 0.5) is 0 Å². The molecule has 0 aromatic carbocycles. The molecule has 0 radical (unpaired) electrons. The lowest BCUT2D eigenvalue weighted by molar-refractivity contribution is 0.0521. The molecular formula is C25H23N5O5. The number of pyridine rings is 3. The van der Waals surface area contributed by atoms with Crippen molar-refractivity contribution in [3.63, 3.8) is 0 Å². The summed E-state index contributed by atoms with van der Waals surface area (Å²) in [6, 6.07) is 9.85. The highest BCUT2D eigenvalue weighted by atomic mass is 16.5. The van der Waals surface area contributed by atoms with Gasteiger partial charge in [0.2, 0.25) is 0 Å². The fraction of sp³-hybridized carbons (Fsp3) is 0.280. The van der Waals surface area contributed by atoms with Crippen molar-refractivity contribution < 1.29 is 19.1 Å². The van der Waals surface area contributed by atoms with Crippen LogP contribution in [0.5, 0.6) is 0 Å². The molecule has 1 atom stereocenters. The minimum Gasteiger partial charge on any atom is -0.462 e. The molecule has 1 saturated heterocycles. The minimum atomic E-state index is -0.689. The van der Waals surface area contributed by atoms with Gasteiger partial charge in [0.1, 0.15) is 16.9 Å². The predicted molar refractivity (Wildman–Crippen MR) is 126 cm³/mol. The van der Waals surface area contributed by atoms with Crippen LogP contribution in [0.15, 0.2) is 64.8 Å².